The zero-order chi connectivity index (χ0) is 31.8. The number of hydrogen-bond acceptors (Lipinski definition) is 1. The van der Waals surface area contributed by atoms with E-state index in [1.807, 2.05) is 6.07 Å². The first-order valence-corrected chi connectivity index (χ1v) is 16.4. The lowest BCUT2D eigenvalue weighted by molar-refractivity contribution is 0.959. The van der Waals surface area contributed by atoms with Crippen molar-refractivity contribution in [3.63, 3.8) is 0 Å². The van der Waals surface area contributed by atoms with Crippen molar-refractivity contribution >= 4 is 54.6 Å². The number of aromatic nitrogens is 4. The Kier molecular flexibility index (Phi) is 5.75. The summed E-state index contributed by atoms with van der Waals surface area (Å²) in [5, 5.41) is 5.00. The van der Waals surface area contributed by atoms with Crippen molar-refractivity contribution in [2.24, 2.45) is 7.05 Å². The molecule has 10 rings (SSSR count). The van der Waals surface area contributed by atoms with Gasteiger partial charge >= 0.3 is 0 Å². The Morgan fingerprint density at radius 3 is 1.31 bits per heavy atom. The third-order valence-electron chi connectivity index (χ3n) is 9.82. The van der Waals surface area contributed by atoms with E-state index < -0.39 is 0 Å². The molecule has 0 aliphatic carbocycles. The van der Waals surface area contributed by atoms with E-state index in [1.54, 1.807) is 0 Å². The maximum atomic E-state index is 5.03. The van der Waals surface area contributed by atoms with Crippen LogP contribution in [0.15, 0.2) is 164 Å². The molecule has 0 amide bonds. The van der Waals surface area contributed by atoms with Crippen molar-refractivity contribution in [3.8, 4) is 33.9 Å². The molecule has 0 unspecified atom stereocenters. The normalized spacial score (nSPS) is 11.9. The van der Waals surface area contributed by atoms with E-state index in [-0.39, 0.29) is 0 Å². The van der Waals surface area contributed by atoms with Crippen molar-refractivity contribution < 1.29 is 0 Å². The summed E-state index contributed by atoms with van der Waals surface area (Å²) in [5.41, 5.74) is 12.5. The van der Waals surface area contributed by atoms with E-state index >= 15 is 0 Å². The zero-order valence-corrected chi connectivity index (χ0v) is 26.4. The number of imidazole rings is 1. The fourth-order valence-electron chi connectivity index (χ4n) is 7.66. The first-order chi connectivity index (χ1) is 23.7. The standard InChI is InChI=1S/C44H30N4/c1-46-43-24-11-6-19-38(43)45-44(46)30-14-12-13-29(25-30)31-26-32(47-39-20-7-2-15-34(39)35-16-3-8-21-40(35)47)28-33(27-31)48-41-22-9-4-17-36(41)37-18-5-10-23-42(37)48/h2-28H,1H3. The van der Waals surface area contributed by atoms with Gasteiger partial charge in [0.15, 0.2) is 0 Å². The van der Waals surface area contributed by atoms with E-state index in [1.165, 1.54) is 43.6 Å². The van der Waals surface area contributed by atoms with E-state index in [0.29, 0.717) is 0 Å². The molecule has 10 aromatic rings. The number of rotatable bonds is 4. The maximum Gasteiger partial charge on any atom is 0.140 e. The molecule has 0 bridgehead atoms. The molecule has 0 saturated heterocycles. The summed E-state index contributed by atoms with van der Waals surface area (Å²) in [6.07, 6.45) is 0. The lowest BCUT2D eigenvalue weighted by atomic mass is 10.0. The summed E-state index contributed by atoms with van der Waals surface area (Å²) in [6.45, 7) is 0. The quantitative estimate of drug-likeness (QED) is 0.194. The van der Waals surface area contributed by atoms with Crippen molar-refractivity contribution in [1.29, 1.82) is 0 Å². The molecule has 48 heavy (non-hydrogen) atoms. The molecule has 0 radical (unpaired) electrons. The maximum absolute atomic E-state index is 5.03. The van der Waals surface area contributed by atoms with Crippen LogP contribution >= 0.6 is 0 Å². The van der Waals surface area contributed by atoms with Crippen molar-refractivity contribution in [3.05, 3.63) is 164 Å². The van der Waals surface area contributed by atoms with E-state index in [4.69, 9.17) is 4.98 Å². The molecule has 0 aliphatic heterocycles. The molecule has 0 saturated carbocycles. The average Bonchev–Trinajstić information content (AvgIpc) is 3.79. The molecule has 0 spiro atoms. The van der Waals surface area contributed by atoms with E-state index in [0.717, 1.165) is 44.9 Å². The van der Waals surface area contributed by atoms with Gasteiger partial charge in [0, 0.05) is 45.5 Å². The predicted octanol–water partition coefficient (Wildman–Crippen LogP) is 11.1. The molecular formula is C44H30N4. The highest BCUT2D eigenvalue weighted by molar-refractivity contribution is 6.10. The summed E-state index contributed by atoms with van der Waals surface area (Å²) < 4.78 is 7.02. The monoisotopic (exact) mass is 614 g/mol. The fourth-order valence-corrected chi connectivity index (χ4v) is 7.66. The van der Waals surface area contributed by atoms with Crippen LogP contribution in [0.4, 0.5) is 0 Å². The summed E-state index contributed by atoms with van der Waals surface area (Å²) in [5.74, 6) is 0.958. The topological polar surface area (TPSA) is 27.7 Å². The van der Waals surface area contributed by atoms with Crippen LogP contribution in [0, 0.1) is 0 Å². The molecule has 0 atom stereocenters. The smallest absolute Gasteiger partial charge is 0.140 e. The van der Waals surface area contributed by atoms with Crippen LogP contribution in [-0.2, 0) is 7.05 Å². The summed E-state index contributed by atoms with van der Waals surface area (Å²) in [6, 6.07) is 59.0. The van der Waals surface area contributed by atoms with Crippen molar-refractivity contribution in [2.45, 2.75) is 0 Å². The second-order valence-corrected chi connectivity index (χ2v) is 12.5. The van der Waals surface area contributed by atoms with Gasteiger partial charge in [-0.15, -0.1) is 0 Å². The van der Waals surface area contributed by atoms with E-state index in [9.17, 15) is 0 Å². The average molecular weight is 615 g/mol. The van der Waals surface area contributed by atoms with Gasteiger partial charge in [-0.05, 0) is 71.8 Å². The third kappa shape index (κ3) is 3.93. The van der Waals surface area contributed by atoms with Crippen LogP contribution in [0.5, 0.6) is 0 Å². The number of nitrogens with zero attached hydrogens (tertiary/aromatic N) is 4. The van der Waals surface area contributed by atoms with Crippen LogP contribution in [0.25, 0.3) is 88.5 Å². The largest absolute Gasteiger partial charge is 0.327 e. The number of para-hydroxylation sites is 6. The first kappa shape index (κ1) is 26.8. The molecule has 4 nitrogen and oxygen atoms in total. The molecule has 4 heteroatoms. The van der Waals surface area contributed by atoms with Crippen LogP contribution < -0.4 is 0 Å². The molecule has 3 aromatic heterocycles. The third-order valence-corrected chi connectivity index (χ3v) is 9.82. The molecule has 0 N–H and O–H groups in total. The minimum atomic E-state index is 0.958. The highest BCUT2D eigenvalue weighted by Gasteiger charge is 2.18. The van der Waals surface area contributed by atoms with E-state index in [2.05, 4.69) is 178 Å². The Morgan fingerprint density at radius 1 is 0.375 bits per heavy atom. The molecule has 3 heterocycles. The number of benzene rings is 7. The van der Waals surface area contributed by atoms with Gasteiger partial charge in [-0.2, -0.15) is 0 Å². The van der Waals surface area contributed by atoms with Gasteiger partial charge in [-0.1, -0.05) is 103 Å². The molecule has 226 valence electrons. The molecule has 0 fully saturated rings. The fraction of sp³-hybridized carbons (Fsp3) is 0.0227. The van der Waals surface area contributed by atoms with Crippen LogP contribution in [0.2, 0.25) is 0 Å². The Morgan fingerprint density at radius 2 is 0.812 bits per heavy atom. The SMILES string of the molecule is Cn1c(-c2cccc(-c3cc(-n4c5ccccc5c5ccccc54)cc(-n4c5ccccc5c5ccccc54)c3)c2)nc2ccccc21. The summed E-state index contributed by atoms with van der Waals surface area (Å²) in [7, 11) is 2.10. The second-order valence-electron chi connectivity index (χ2n) is 12.5. The minimum Gasteiger partial charge on any atom is -0.327 e. The number of fused-ring (bicyclic) bond motifs is 7. The van der Waals surface area contributed by atoms with Gasteiger partial charge in [0.2, 0.25) is 0 Å². The van der Waals surface area contributed by atoms with Gasteiger partial charge in [-0.3, -0.25) is 0 Å². The summed E-state index contributed by atoms with van der Waals surface area (Å²) >= 11 is 0. The van der Waals surface area contributed by atoms with Crippen molar-refractivity contribution in [2.75, 3.05) is 0 Å². The van der Waals surface area contributed by atoms with Crippen LogP contribution in [-0.4, -0.2) is 18.7 Å². The van der Waals surface area contributed by atoms with Gasteiger partial charge in [0.25, 0.3) is 0 Å². The summed E-state index contributed by atoms with van der Waals surface area (Å²) in [4.78, 5) is 5.03. The number of hydrogen-bond donors (Lipinski definition) is 0. The Bertz CT molecular complexity index is 2620. The Labute approximate surface area is 277 Å². The Balaban J connectivity index is 1.27. The highest BCUT2D eigenvalue weighted by atomic mass is 15.1. The van der Waals surface area contributed by atoms with Gasteiger partial charge in [0.1, 0.15) is 5.82 Å². The molecule has 7 aromatic carbocycles. The number of aryl methyl sites for hydroxylation is 1. The van der Waals surface area contributed by atoms with Gasteiger partial charge < -0.3 is 13.7 Å². The van der Waals surface area contributed by atoms with Gasteiger partial charge in [-0.25, -0.2) is 4.98 Å². The van der Waals surface area contributed by atoms with Crippen LogP contribution in [0.3, 0.4) is 0 Å². The first-order valence-electron chi connectivity index (χ1n) is 16.4. The lowest BCUT2D eigenvalue weighted by Crippen LogP contribution is -2.00. The molecule has 0 aliphatic rings. The van der Waals surface area contributed by atoms with Crippen LogP contribution in [0.1, 0.15) is 0 Å². The Hall–Kier alpha value is -6.39. The molecular weight excluding hydrogens is 585 g/mol. The zero-order valence-electron chi connectivity index (χ0n) is 26.4. The lowest BCUT2D eigenvalue weighted by Gasteiger charge is -2.16. The van der Waals surface area contributed by atoms with Crippen molar-refractivity contribution in [1.82, 2.24) is 18.7 Å². The second kappa shape index (κ2) is 10.3. The van der Waals surface area contributed by atoms with Gasteiger partial charge in [0.05, 0.1) is 33.1 Å². The highest BCUT2D eigenvalue weighted by Crippen LogP contribution is 2.38. The predicted molar refractivity (Wildman–Crippen MR) is 200 cm³/mol. The minimum absolute atomic E-state index is 0.958.